The molecule has 2 amide bonds. The Kier molecular flexibility index (Phi) is 10.6. The Morgan fingerprint density at radius 1 is 0.870 bits per heavy atom. The summed E-state index contributed by atoms with van der Waals surface area (Å²) in [6.45, 7) is 6.40. The summed E-state index contributed by atoms with van der Waals surface area (Å²) >= 11 is 7.07. The Hall–Kier alpha value is -3.00. The minimum atomic E-state index is -0.930. The first-order valence-corrected chi connectivity index (χ1v) is 17.7. The van der Waals surface area contributed by atoms with Crippen LogP contribution in [0.5, 0.6) is 0 Å². The molecule has 1 aromatic heterocycles. The number of hydrogen-bond donors (Lipinski definition) is 1. The fourth-order valence-electron chi connectivity index (χ4n) is 6.70. The van der Waals surface area contributed by atoms with Crippen molar-refractivity contribution in [2.24, 2.45) is 0 Å². The lowest BCUT2D eigenvalue weighted by Crippen LogP contribution is -2.54. The summed E-state index contributed by atoms with van der Waals surface area (Å²) in [4.78, 5) is 51.4. The zero-order valence-corrected chi connectivity index (χ0v) is 29.3. The summed E-state index contributed by atoms with van der Waals surface area (Å²) in [6, 6.07) is 15.7. The Morgan fingerprint density at radius 3 is 2.20 bits per heavy atom. The van der Waals surface area contributed by atoms with Crippen LogP contribution in [0.15, 0.2) is 62.3 Å². The lowest BCUT2D eigenvalue weighted by atomic mass is 10.0. The highest BCUT2D eigenvalue weighted by atomic mass is 79.9. The van der Waals surface area contributed by atoms with Gasteiger partial charge in [0.2, 0.25) is 0 Å². The van der Waals surface area contributed by atoms with Crippen molar-refractivity contribution in [3.05, 3.63) is 73.5 Å². The number of piperidine rings is 2. The van der Waals surface area contributed by atoms with Crippen LogP contribution in [0.4, 0.5) is 4.79 Å². The van der Waals surface area contributed by atoms with Crippen LogP contribution >= 0.6 is 31.9 Å². The van der Waals surface area contributed by atoms with E-state index >= 15 is 0 Å². The predicted molar refractivity (Wildman–Crippen MR) is 183 cm³/mol. The van der Waals surface area contributed by atoms with Gasteiger partial charge < -0.3 is 19.4 Å². The minimum absolute atomic E-state index is 0.135. The van der Waals surface area contributed by atoms with Crippen molar-refractivity contribution in [2.45, 2.75) is 50.3 Å². The van der Waals surface area contributed by atoms with Gasteiger partial charge >= 0.3 is 11.8 Å². The number of piperazine rings is 1. The molecule has 46 heavy (non-hydrogen) atoms. The van der Waals surface area contributed by atoms with E-state index in [2.05, 4.69) is 58.8 Å². The fourth-order valence-corrected chi connectivity index (χ4v) is 7.37. The molecule has 0 radical (unpaired) electrons. The van der Waals surface area contributed by atoms with Crippen LogP contribution in [0.1, 0.15) is 37.3 Å². The molecule has 3 aromatic rings. The number of ether oxygens (including phenoxy) is 1. The Morgan fingerprint density at radius 2 is 1.52 bits per heavy atom. The van der Waals surface area contributed by atoms with E-state index in [1.54, 1.807) is 4.90 Å². The highest BCUT2D eigenvalue weighted by molar-refractivity contribution is 9.13. The number of likely N-dealkylation sites (N-methyl/N-ethyl adjacent to an activating group) is 1. The number of aromatic nitrogens is 3. The van der Waals surface area contributed by atoms with Gasteiger partial charge in [0.05, 0.1) is 6.04 Å². The van der Waals surface area contributed by atoms with E-state index in [1.165, 1.54) is 4.68 Å². The van der Waals surface area contributed by atoms with Gasteiger partial charge in [0.25, 0.3) is 5.91 Å². The molecule has 1 N–H and O–H groups in total. The average Bonchev–Trinajstić information content (AvgIpc) is 3.48. The molecule has 13 heteroatoms. The van der Waals surface area contributed by atoms with Gasteiger partial charge in [-0.05, 0) is 82.3 Å². The number of aromatic amines is 1. The van der Waals surface area contributed by atoms with Gasteiger partial charge in [-0.15, -0.1) is 5.10 Å². The molecule has 6 rings (SSSR count). The van der Waals surface area contributed by atoms with Crippen molar-refractivity contribution in [3.63, 3.8) is 0 Å². The minimum Gasteiger partial charge on any atom is -0.436 e. The molecule has 4 heterocycles. The van der Waals surface area contributed by atoms with Crippen molar-refractivity contribution in [3.8, 4) is 11.4 Å². The van der Waals surface area contributed by atoms with Crippen molar-refractivity contribution in [1.29, 1.82) is 0 Å². The van der Waals surface area contributed by atoms with Crippen LogP contribution in [-0.2, 0) is 16.0 Å². The normalized spacial score (nSPS) is 19.7. The predicted octanol–water partition coefficient (Wildman–Crippen LogP) is 4.39. The third-order valence-electron chi connectivity index (χ3n) is 9.51. The highest BCUT2D eigenvalue weighted by Gasteiger charge is 2.35. The van der Waals surface area contributed by atoms with Crippen LogP contribution in [0.25, 0.3) is 11.4 Å². The maximum absolute atomic E-state index is 13.9. The molecule has 3 aliphatic heterocycles. The number of carbonyl (C=O) groups excluding carboxylic acids is 2. The zero-order chi connectivity index (χ0) is 32.2. The lowest BCUT2D eigenvalue weighted by Gasteiger charge is -2.42. The molecular weight excluding hydrogens is 718 g/mol. The molecule has 2 aromatic carbocycles. The van der Waals surface area contributed by atoms with E-state index in [0.717, 1.165) is 59.1 Å². The Balaban J connectivity index is 1.09. The quantitative estimate of drug-likeness (QED) is 0.381. The van der Waals surface area contributed by atoms with Gasteiger partial charge in [-0.3, -0.25) is 14.7 Å². The summed E-state index contributed by atoms with van der Waals surface area (Å²) < 4.78 is 9.31. The smallest absolute Gasteiger partial charge is 0.410 e. The third kappa shape index (κ3) is 7.75. The number of rotatable bonds is 7. The molecule has 1 atom stereocenters. The standard InChI is InChI=1S/C33H41Br2N7O4/c1-38-17-19-39(20-18-38)25-9-13-40(14-10-25)31(43)29(22-23-7-8-27(34)28(35)21-23)46-33(45)41-15-11-26(12-16-41)42-32(44)36-30(37-42)24-5-3-2-4-6-24/h2-8,21,25-26,29H,9-20,22H2,1H3,(H,36,37,44)/t29-/m1/s1. The molecule has 0 unspecified atom stereocenters. The molecule has 3 saturated heterocycles. The van der Waals surface area contributed by atoms with Crippen molar-refractivity contribution in [1.82, 2.24) is 34.4 Å². The second-order valence-corrected chi connectivity index (χ2v) is 14.2. The average molecular weight is 760 g/mol. The maximum Gasteiger partial charge on any atom is 0.410 e. The number of carbonyl (C=O) groups is 2. The molecular formula is C33H41Br2N7O4. The molecule has 246 valence electrons. The molecule has 11 nitrogen and oxygen atoms in total. The number of nitrogens with zero attached hydrogens (tertiary/aromatic N) is 6. The van der Waals surface area contributed by atoms with Crippen molar-refractivity contribution >= 4 is 43.9 Å². The molecule has 0 bridgehead atoms. The lowest BCUT2D eigenvalue weighted by molar-refractivity contribution is -0.142. The van der Waals surface area contributed by atoms with E-state index < -0.39 is 12.2 Å². The maximum atomic E-state index is 13.9. The first-order valence-electron chi connectivity index (χ1n) is 16.1. The van der Waals surface area contributed by atoms with E-state index in [1.807, 2.05) is 53.4 Å². The number of likely N-dealkylation sites (tertiary alicyclic amines) is 2. The van der Waals surface area contributed by atoms with E-state index in [4.69, 9.17) is 4.74 Å². The van der Waals surface area contributed by atoms with Gasteiger partial charge in [-0.2, -0.15) is 0 Å². The summed E-state index contributed by atoms with van der Waals surface area (Å²) in [5.74, 6) is 0.386. The first kappa shape index (κ1) is 32.9. The van der Waals surface area contributed by atoms with Crippen LogP contribution in [0, 0.1) is 0 Å². The monoisotopic (exact) mass is 757 g/mol. The topological polar surface area (TPSA) is 107 Å². The van der Waals surface area contributed by atoms with Crippen molar-refractivity contribution < 1.29 is 14.3 Å². The molecule has 0 spiro atoms. The van der Waals surface area contributed by atoms with Gasteiger partial charge in [0.15, 0.2) is 11.9 Å². The van der Waals surface area contributed by atoms with Gasteiger partial charge in [-0.1, -0.05) is 36.4 Å². The fraction of sp³-hybridized carbons (Fsp3) is 0.515. The Labute approximate surface area is 286 Å². The van der Waals surface area contributed by atoms with Crippen molar-refractivity contribution in [2.75, 3.05) is 59.4 Å². The largest absolute Gasteiger partial charge is 0.436 e. The van der Waals surface area contributed by atoms with Gasteiger partial charge in [-0.25, -0.2) is 14.3 Å². The van der Waals surface area contributed by atoms with Gasteiger partial charge in [0, 0.05) is 79.3 Å². The third-order valence-corrected chi connectivity index (χ3v) is 11.4. The second kappa shape index (κ2) is 14.8. The van der Waals surface area contributed by atoms with Crippen LogP contribution in [-0.4, -0.2) is 118 Å². The number of H-pyrrole nitrogens is 1. The van der Waals surface area contributed by atoms with E-state index in [-0.39, 0.29) is 24.1 Å². The first-order chi connectivity index (χ1) is 22.2. The number of hydrogen-bond acceptors (Lipinski definition) is 7. The number of benzene rings is 2. The number of amides is 2. The van der Waals surface area contributed by atoms with Crippen LogP contribution in [0.3, 0.4) is 0 Å². The second-order valence-electron chi connectivity index (χ2n) is 12.5. The molecule has 0 saturated carbocycles. The highest BCUT2D eigenvalue weighted by Crippen LogP contribution is 2.27. The van der Waals surface area contributed by atoms with Crippen LogP contribution in [0.2, 0.25) is 0 Å². The molecule has 3 aliphatic rings. The summed E-state index contributed by atoms with van der Waals surface area (Å²) in [7, 11) is 2.16. The van der Waals surface area contributed by atoms with Gasteiger partial charge in [0.1, 0.15) is 0 Å². The SMILES string of the molecule is CN1CCN(C2CCN(C(=O)[C@@H](Cc3ccc(Br)c(Br)c3)OC(=O)N3CCC(n4nc(-c5ccccc5)[nH]c4=O)CC3)CC2)CC1. The summed E-state index contributed by atoms with van der Waals surface area (Å²) in [5.41, 5.74) is 1.48. The Bertz CT molecular complexity index is 1560. The number of nitrogens with one attached hydrogen (secondary N) is 1. The summed E-state index contributed by atoms with van der Waals surface area (Å²) in [6.07, 6.45) is 1.83. The van der Waals surface area contributed by atoms with E-state index in [0.29, 0.717) is 50.9 Å². The number of halogens is 2. The molecule has 0 aliphatic carbocycles. The zero-order valence-electron chi connectivity index (χ0n) is 26.1. The van der Waals surface area contributed by atoms with Crippen LogP contribution < -0.4 is 5.69 Å². The molecule has 3 fully saturated rings. The van der Waals surface area contributed by atoms with E-state index in [9.17, 15) is 14.4 Å². The summed E-state index contributed by atoms with van der Waals surface area (Å²) in [5, 5.41) is 4.55.